The number of nitrogens with one attached hydrogen (secondary N) is 1. The molecule has 0 atom stereocenters. The molecule has 0 bridgehead atoms. The lowest BCUT2D eigenvalue weighted by Gasteiger charge is -1.98. The maximum atomic E-state index is 10.9. The van der Waals surface area contributed by atoms with Crippen molar-refractivity contribution in [1.29, 1.82) is 0 Å². The summed E-state index contributed by atoms with van der Waals surface area (Å²) in [6, 6.07) is 0. The van der Waals surface area contributed by atoms with Gasteiger partial charge in [-0.15, -0.1) is 0 Å². The largest absolute Gasteiger partial charge is 0.383 e. The molecule has 1 aromatic heterocycles. The van der Waals surface area contributed by atoms with Crippen molar-refractivity contribution in [2.24, 2.45) is 0 Å². The number of amides is 1. The summed E-state index contributed by atoms with van der Waals surface area (Å²) in [5.74, 6) is -0.240. The predicted molar refractivity (Wildman–Crippen MR) is 52.9 cm³/mol. The van der Waals surface area contributed by atoms with E-state index in [-0.39, 0.29) is 5.91 Å². The van der Waals surface area contributed by atoms with E-state index in [0.717, 1.165) is 0 Å². The van der Waals surface area contributed by atoms with E-state index in [1.54, 1.807) is 24.2 Å². The van der Waals surface area contributed by atoms with E-state index in [4.69, 9.17) is 4.74 Å². The first-order chi connectivity index (χ1) is 6.76. The number of hydrogen-bond acceptors (Lipinski definition) is 3. The van der Waals surface area contributed by atoms with Gasteiger partial charge in [0.25, 0.3) is 0 Å². The molecular weight excluding hydrogens is 182 g/mol. The third kappa shape index (κ3) is 3.02. The Morgan fingerprint density at radius 2 is 2.64 bits per heavy atom. The van der Waals surface area contributed by atoms with Gasteiger partial charge in [0.1, 0.15) is 0 Å². The number of anilines is 1. The molecule has 0 aliphatic heterocycles. The van der Waals surface area contributed by atoms with Crippen LogP contribution in [0.1, 0.15) is 0 Å². The summed E-state index contributed by atoms with van der Waals surface area (Å²) >= 11 is 0. The van der Waals surface area contributed by atoms with E-state index in [0.29, 0.717) is 18.8 Å². The topological polar surface area (TPSA) is 56.2 Å². The highest BCUT2D eigenvalue weighted by Crippen LogP contribution is 2.04. The molecule has 1 N–H and O–H groups in total. The lowest BCUT2D eigenvalue weighted by molar-refractivity contribution is -0.111. The van der Waals surface area contributed by atoms with Gasteiger partial charge in [-0.2, -0.15) is 5.10 Å². The van der Waals surface area contributed by atoms with E-state index in [1.807, 2.05) is 0 Å². The Hall–Kier alpha value is -1.62. The van der Waals surface area contributed by atoms with E-state index >= 15 is 0 Å². The van der Waals surface area contributed by atoms with Crippen LogP contribution in [0.2, 0.25) is 0 Å². The smallest absolute Gasteiger partial charge is 0.247 e. The fourth-order valence-electron chi connectivity index (χ4n) is 0.929. The Kier molecular flexibility index (Phi) is 3.87. The van der Waals surface area contributed by atoms with Crippen LogP contribution in [0.25, 0.3) is 0 Å². The molecule has 0 aliphatic rings. The van der Waals surface area contributed by atoms with E-state index in [1.165, 1.54) is 6.08 Å². The SMILES string of the molecule is C=CC(=O)Nc1cnn(CCOC)c1. The molecule has 0 fully saturated rings. The molecule has 1 heterocycles. The maximum absolute atomic E-state index is 10.9. The van der Waals surface area contributed by atoms with Crippen LogP contribution < -0.4 is 5.32 Å². The summed E-state index contributed by atoms with van der Waals surface area (Å²) in [6.07, 6.45) is 4.53. The van der Waals surface area contributed by atoms with Crippen molar-refractivity contribution in [3.05, 3.63) is 25.0 Å². The number of ether oxygens (including phenoxy) is 1. The van der Waals surface area contributed by atoms with Gasteiger partial charge < -0.3 is 10.1 Å². The van der Waals surface area contributed by atoms with Gasteiger partial charge >= 0.3 is 0 Å². The number of rotatable bonds is 5. The van der Waals surface area contributed by atoms with Gasteiger partial charge in [0.15, 0.2) is 0 Å². The second-order valence-electron chi connectivity index (χ2n) is 2.68. The predicted octanol–water partition coefficient (Wildman–Crippen LogP) is 0.654. The molecule has 1 rings (SSSR count). The number of methoxy groups -OCH3 is 1. The lowest BCUT2D eigenvalue weighted by atomic mass is 10.5. The van der Waals surface area contributed by atoms with Crippen molar-refractivity contribution in [3.63, 3.8) is 0 Å². The first kappa shape index (κ1) is 10.5. The van der Waals surface area contributed by atoms with Crippen molar-refractivity contribution < 1.29 is 9.53 Å². The molecule has 5 heteroatoms. The van der Waals surface area contributed by atoms with Gasteiger partial charge in [-0.05, 0) is 6.08 Å². The van der Waals surface area contributed by atoms with E-state index in [9.17, 15) is 4.79 Å². The molecule has 0 spiro atoms. The Morgan fingerprint density at radius 3 is 3.29 bits per heavy atom. The van der Waals surface area contributed by atoms with Crippen molar-refractivity contribution >= 4 is 11.6 Å². The average Bonchev–Trinajstić information content (AvgIpc) is 2.62. The molecule has 76 valence electrons. The Labute approximate surface area is 82.4 Å². The number of carbonyl (C=O) groups is 1. The zero-order chi connectivity index (χ0) is 10.4. The van der Waals surface area contributed by atoms with Crippen molar-refractivity contribution in [3.8, 4) is 0 Å². The van der Waals surface area contributed by atoms with Crippen LogP contribution in [0.3, 0.4) is 0 Å². The quantitative estimate of drug-likeness (QED) is 0.702. The third-order valence-electron chi connectivity index (χ3n) is 1.61. The number of hydrogen-bond donors (Lipinski definition) is 1. The molecule has 0 saturated carbocycles. The van der Waals surface area contributed by atoms with E-state index in [2.05, 4.69) is 17.0 Å². The molecule has 0 radical (unpaired) electrons. The van der Waals surface area contributed by atoms with Crippen LogP contribution in [-0.2, 0) is 16.1 Å². The zero-order valence-corrected chi connectivity index (χ0v) is 8.06. The highest BCUT2D eigenvalue weighted by Gasteiger charge is 2.00. The zero-order valence-electron chi connectivity index (χ0n) is 8.06. The number of nitrogens with zero attached hydrogens (tertiary/aromatic N) is 2. The van der Waals surface area contributed by atoms with E-state index < -0.39 is 0 Å². The minimum atomic E-state index is -0.240. The maximum Gasteiger partial charge on any atom is 0.247 e. The van der Waals surface area contributed by atoms with Crippen LogP contribution in [0.15, 0.2) is 25.0 Å². The highest BCUT2D eigenvalue weighted by molar-refractivity contribution is 5.98. The summed E-state index contributed by atoms with van der Waals surface area (Å²) in [4.78, 5) is 10.9. The van der Waals surface area contributed by atoms with Crippen LogP contribution in [0, 0.1) is 0 Å². The minimum absolute atomic E-state index is 0.240. The molecule has 14 heavy (non-hydrogen) atoms. The average molecular weight is 195 g/mol. The monoisotopic (exact) mass is 195 g/mol. The summed E-state index contributed by atoms with van der Waals surface area (Å²) in [7, 11) is 1.63. The summed E-state index contributed by atoms with van der Waals surface area (Å²) < 4.78 is 6.59. The summed E-state index contributed by atoms with van der Waals surface area (Å²) in [5, 5.41) is 6.64. The van der Waals surface area contributed by atoms with Crippen LogP contribution >= 0.6 is 0 Å². The molecule has 0 aliphatic carbocycles. The highest BCUT2D eigenvalue weighted by atomic mass is 16.5. The number of carbonyl (C=O) groups excluding carboxylic acids is 1. The van der Waals surface area contributed by atoms with Gasteiger partial charge in [0.2, 0.25) is 5.91 Å². The van der Waals surface area contributed by atoms with Crippen LogP contribution in [0.5, 0.6) is 0 Å². The second-order valence-corrected chi connectivity index (χ2v) is 2.68. The lowest BCUT2D eigenvalue weighted by Crippen LogP contribution is -2.07. The molecule has 0 aromatic carbocycles. The molecular formula is C9H13N3O2. The fourth-order valence-corrected chi connectivity index (χ4v) is 0.929. The molecule has 0 saturated heterocycles. The van der Waals surface area contributed by atoms with Gasteiger partial charge in [-0.3, -0.25) is 9.48 Å². The van der Waals surface area contributed by atoms with Gasteiger partial charge in [0, 0.05) is 13.3 Å². The van der Waals surface area contributed by atoms with Crippen LogP contribution in [-0.4, -0.2) is 29.4 Å². The standard InChI is InChI=1S/C9H13N3O2/c1-3-9(13)11-8-6-10-12(7-8)4-5-14-2/h3,6-7H,1,4-5H2,2H3,(H,11,13). The van der Waals surface area contributed by atoms with Crippen LogP contribution in [0.4, 0.5) is 5.69 Å². The first-order valence-corrected chi connectivity index (χ1v) is 4.21. The van der Waals surface area contributed by atoms with Crippen molar-refractivity contribution in [2.45, 2.75) is 6.54 Å². The minimum Gasteiger partial charge on any atom is -0.383 e. The molecule has 1 aromatic rings. The normalized spacial score (nSPS) is 9.79. The van der Waals surface area contributed by atoms with Gasteiger partial charge in [-0.25, -0.2) is 0 Å². The molecule has 1 amide bonds. The Morgan fingerprint density at radius 1 is 1.86 bits per heavy atom. The summed E-state index contributed by atoms with van der Waals surface area (Å²) in [6.45, 7) is 4.61. The van der Waals surface area contributed by atoms with Gasteiger partial charge in [0.05, 0.1) is 25.0 Å². The number of aromatic nitrogens is 2. The molecule has 0 unspecified atom stereocenters. The van der Waals surface area contributed by atoms with Crippen molar-refractivity contribution in [1.82, 2.24) is 9.78 Å². The first-order valence-electron chi connectivity index (χ1n) is 4.21. The summed E-state index contributed by atoms with van der Waals surface area (Å²) in [5.41, 5.74) is 0.658. The Balaban J connectivity index is 2.50. The fraction of sp³-hybridized carbons (Fsp3) is 0.333. The Bertz CT molecular complexity index is 320. The van der Waals surface area contributed by atoms with Gasteiger partial charge in [-0.1, -0.05) is 6.58 Å². The molecule has 5 nitrogen and oxygen atoms in total. The van der Waals surface area contributed by atoms with Crippen molar-refractivity contribution in [2.75, 3.05) is 19.0 Å². The second kappa shape index (κ2) is 5.18. The third-order valence-corrected chi connectivity index (χ3v) is 1.61.